The average Bonchev–Trinajstić information content (AvgIpc) is 3.41. The summed E-state index contributed by atoms with van der Waals surface area (Å²) in [6.45, 7) is 13.9. The van der Waals surface area contributed by atoms with Crippen molar-refractivity contribution in [2.75, 3.05) is 38.2 Å². The van der Waals surface area contributed by atoms with Gasteiger partial charge in [-0.25, -0.2) is 4.68 Å². The van der Waals surface area contributed by atoms with Crippen LogP contribution in [-0.2, 0) is 5.54 Å². The Labute approximate surface area is 223 Å². The van der Waals surface area contributed by atoms with E-state index in [0.717, 1.165) is 49.3 Å². The van der Waals surface area contributed by atoms with Crippen LogP contribution in [0.2, 0.25) is 0 Å². The standard InChI is InChI=1S/C29H37N7O2/c1-7-29(4,5)36-27(31-32-33-36)26(23-18-21-17-22(38-6)10-11-24(21)30-28(23)37)35-14-12-34(13-15-35)25-16-19(2)8-9-20(25)3/h8-11,16-18,26H,7,12-15H2,1-6H3,(H,30,37)/t26-/m1/s1. The zero-order valence-corrected chi connectivity index (χ0v) is 23.2. The lowest BCUT2D eigenvalue weighted by Gasteiger charge is -2.40. The molecule has 2 aromatic carbocycles. The summed E-state index contributed by atoms with van der Waals surface area (Å²) in [5, 5.41) is 13.9. The van der Waals surface area contributed by atoms with Crippen molar-refractivity contribution in [1.82, 2.24) is 30.1 Å². The number of benzene rings is 2. The Balaban J connectivity index is 1.57. The number of hydrogen-bond acceptors (Lipinski definition) is 7. The lowest BCUT2D eigenvalue weighted by atomic mass is 9.98. The second-order valence-corrected chi connectivity index (χ2v) is 10.8. The maximum Gasteiger partial charge on any atom is 0.253 e. The maximum atomic E-state index is 13.6. The number of tetrazole rings is 1. The van der Waals surface area contributed by atoms with Gasteiger partial charge in [0.25, 0.3) is 5.56 Å². The lowest BCUT2D eigenvalue weighted by Crippen LogP contribution is -2.49. The van der Waals surface area contributed by atoms with Gasteiger partial charge in [-0.05, 0) is 86.0 Å². The highest BCUT2D eigenvalue weighted by molar-refractivity contribution is 5.80. The molecule has 9 heteroatoms. The Morgan fingerprint density at radius 2 is 1.82 bits per heavy atom. The molecule has 0 bridgehead atoms. The molecule has 3 heterocycles. The first-order valence-electron chi connectivity index (χ1n) is 13.3. The number of anilines is 1. The van der Waals surface area contributed by atoms with E-state index >= 15 is 0 Å². The molecule has 0 spiro atoms. The van der Waals surface area contributed by atoms with Gasteiger partial charge in [0, 0.05) is 48.3 Å². The number of H-pyrrole nitrogens is 1. The second kappa shape index (κ2) is 10.2. The fraction of sp³-hybridized carbons (Fsp3) is 0.448. The Bertz CT molecular complexity index is 1500. The van der Waals surface area contributed by atoms with Gasteiger partial charge < -0.3 is 14.6 Å². The van der Waals surface area contributed by atoms with Gasteiger partial charge in [-0.2, -0.15) is 0 Å². The number of nitrogens with zero attached hydrogens (tertiary/aromatic N) is 6. The zero-order chi connectivity index (χ0) is 27.0. The van der Waals surface area contributed by atoms with Crippen LogP contribution in [0, 0.1) is 13.8 Å². The third-order valence-electron chi connectivity index (χ3n) is 7.94. The monoisotopic (exact) mass is 515 g/mol. The summed E-state index contributed by atoms with van der Waals surface area (Å²) in [5.74, 6) is 1.43. The first kappa shape index (κ1) is 25.9. The Morgan fingerprint density at radius 3 is 2.53 bits per heavy atom. The van der Waals surface area contributed by atoms with E-state index in [0.29, 0.717) is 11.4 Å². The van der Waals surface area contributed by atoms with Crippen LogP contribution in [-0.4, -0.2) is 63.4 Å². The number of aryl methyl sites for hydroxylation is 2. The number of fused-ring (bicyclic) bond motifs is 1. The van der Waals surface area contributed by atoms with Crippen molar-refractivity contribution in [1.29, 1.82) is 0 Å². The molecule has 1 saturated heterocycles. The van der Waals surface area contributed by atoms with Gasteiger partial charge in [0.2, 0.25) is 0 Å². The quantitative estimate of drug-likeness (QED) is 0.394. The number of aromatic nitrogens is 5. The lowest BCUT2D eigenvalue weighted by molar-refractivity contribution is 0.186. The van der Waals surface area contributed by atoms with Crippen LogP contribution in [0.15, 0.2) is 47.3 Å². The molecule has 5 rings (SSSR count). The molecular formula is C29H37N7O2. The Kier molecular flexibility index (Phi) is 6.96. The van der Waals surface area contributed by atoms with Crippen LogP contribution in [0.25, 0.3) is 10.9 Å². The number of hydrogen-bond donors (Lipinski definition) is 1. The van der Waals surface area contributed by atoms with Crippen LogP contribution in [0.1, 0.15) is 55.7 Å². The largest absolute Gasteiger partial charge is 0.497 e. The molecule has 200 valence electrons. The first-order valence-corrected chi connectivity index (χ1v) is 13.3. The van der Waals surface area contributed by atoms with Crippen molar-refractivity contribution in [2.45, 2.75) is 52.6 Å². The van der Waals surface area contributed by atoms with Crippen molar-refractivity contribution < 1.29 is 4.74 Å². The van der Waals surface area contributed by atoms with Gasteiger partial charge in [-0.15, -0.1) is 5.10 Å². The van der Waals surface area contributed by atoms with Gasteiger partial charge in [0.1, 0.15) is 11.8 Å². The fourth-order valence-electron chi connectivity index (χ4n) is 5.26. The molecule has 0 radical (unpaired) electrons. The molecule has 1 N–H and O–H groups in total. The third kappa shape index (κ3) is 4.78. The topological polar surface area (TPSA) is 92.2 Å². The summed E-state index contributed by atoms with van der Waals surface area (Å²) < 4.78 is 7.34. The summed E-state index contributed by atoms with van der Waals surface area (Å²) in [7, 11) is 1.65. The predicted molar refractivity (Wildman–Crippen MR) is 150 cm³/mol. The van der Waals surface area contributed by atoms with Crippen LogP contribution in [0.4, 0.5) is 5.69 Å². The molecule has 1 aliphatic rings. The molecular weight excluding hydrogens is 478 g/mol. The minimum atomic E-state index is -0.393. The molecule has 4 aromatic rings. The summed E-state index contributed by atoms with van der Waals surface area (Å²) in [4.78, 5) is 21.4. The van der Waals surface area contributed by atoms with Crippen molar-refractivity contribution in [3.8, 4) is 5.75 Å². The number of rotatable bonds is 7. The van der Waals surface area contributed by atoms with Gasteiger partial charge in [-0.3, -0.25) is 9.69 Å². The Hall–Kier alpha value is -3.72. The normalized spacial score (nSPS) is 15.7. The van der Waals surface area contributed by atoms with E-state index in [2.05, 4.69) is 83.1 Å². The van der Waals surface area contributed by atoms with Crippen molar-refractivity contribution in [2.24, 2.45) is 0 Å². The van der Waals surface area contributed by atoms with E-state index in [9.17, 15) is 4.79 Å². The molecule has 2 aromatic heterocycles. The first-order chi connectivity index (χ1) is 18.2. The van der Waals surface area contributed by atoms with E-state index < -0.39 is 6.04 Å². The second-order valence-electron chi connectivity index (χ2n) is 10.8. The smallest absolute Gasteiger partial charge is 0.253 e. The third-order valence-corrected chi connectivity index (χ3v) is 7.94. The zero-order valence-electron chi connectivity index (χ0n) is 23.2. The predicted octanol–water partition coefficient (Wildman–Crippen LogP) is 4.20. The summed E-state index contributed by atoms with van der Waals surface area (Å²) >= 11 is 0. The molecule has 0 aliphatic carbocycles. The molecule has 0 saturated carbocycles. The van der Waals surface area contributed by atoms with E-state index in [1.54, 1.807) is 7.11 Å². The molecule has 1 fully saturated rings. The molecule has 1 atom stereocenters. The Morgan fingerprint density at radius 1 is 1.05 bits per heavy atom. The molecule has 38 heavy (non-hydrogen) atoms. The van der Waals surface area contributed by atoms with Crippen LogP contribution in [0.3, 0.4) is 0 Å². The van der Waals surface area contributed by atoms with Gasteiger partial charge in [-0.1, -0.05) is 19.1 Å². The minimum absolute atomic E-state index is 0.131. The van der Waals surface area contributed by atoms with E-state index in [-0.39, 0.29) is 11.1 Å². The van der Waals surface area contributed by atoms with Crippen molar-refractivity contribution in [3.63, 3.8) is 0 Å². The van der Waals surface area contributed by atoms with Gasteiger partial charge in [0.05, 0.1) is 12.6 Å². The molecule has 0 amide bonds. The average molecular weight is 516 g/mol. The number of nitrogens with one attached hydrogen (secondary N) is 1. The summed E-state index contributed by atoms with van der Waals surface area (Å²) in [6.07, 6.45) is 0.851. The van der Waals surface area contributed by atoms with Gasteiger partial charge in [0.15, 0.2) is 5.82 Å². The van der Waals surface area contributed by atoms with E-state index in [4.69, 9.17) is 4.74 Å². The number of aromatic amines is 1. The van der Waals surface area contributed by atoms with E-state index in [1.165, 1.54) is 16.8 Å². The number of piperazine rings is 1. The molecule has 9 nitrogen and oxygen atoms in total. The van der Waals surface area contributed by atoms with Crippen molar-refractivity contribution >= 4 is 16.6 Å². The summed E-state index contributed by atoms with van der Waals surface area (Å²) in [6, 6.07) is 13.9. The SMILES string of the molecule is CCC(C)(C)n1nnnc1[C@@H](c1cc2cc(OC)ccc2[nH]c1=O)N1CCN(c2cc(C)ccc2C)CC1. The highest BCUT2D eigenvalue weighted by Crippen LogP contribution is 2.33. The highest BCUT2D eigenvalue weighted by atomic mass is 16.5. The maximum absolute atomic E-state index is 13.6. The van der Waals surface area contributed by atoms with Crippen LogP contribution < -0.4 is 15.2 Å². The molecule has 1 aliphatic heterocycles. The molecule has 0 unspecified atom stereocenters. The minimum Gasteiger partial charge on any atom is -0.497 e. The fourth-order valence-corrected chi connectivity index (χ4v) is 5.26. The van der Waals surface area contributed by atoms with Crippen LogP contribution >= 0.6 is 0 Å². The van der Waals surface area contributed by atoms with Crippen LogP contribution in [0.5, 0.6) is 5.75 Å². The van der Waals surface area contributed by atoms with Crippen molar-refractivity contribution in [3.05, 3.63) is 75.3 Å². The number of ether oxygens (including phenoxy) is 1. The number of methoxy groups -OCH3 is 1. The van der Waals surface area contributed by atoms with E-state index in [1.807, 2.05) is 28.9 Å². The number of pyridine rings is 1. The highest BCUT2D eigenvalue weighted by Gasteiger charge is 2.36. The summed E-state index contributed by atoms with van der Waals surface area (Å²) in [5.41, 5.74) is 4.77. The van der Waals surface area contributed by atoms with Gasteiger partial charge >= 0.3 is 0 Å².